The van der Waals surface area contributed by atoms with Gasteiger partial charge in [0.1, 0.15) is 17.0 Å². The largest absolute Gasteiger partial charge is 0.325 e. The summed E-state index contributed by atoms with van der Waals surface area (Å²) in [5, 5.41) is 4.74. The highest BCUT2D eigenvalue weighted by Gasteiger charge is 2.40. The van der Waals surface area contributed by atoms with Crippen molar-refractivity contribution in [3.63, 3.8) is 0 Å². The third-order valence-electron chi connectivity index (χ3n) is 6.24. The lowest BCUT2D eigenvalue weighted by molar-refractivity contribution is -0.122. The number of hydrogen-bond acceptors (Lipinski definition) is 4. The number of nitrogens with zero attached hydrogens (tertiary/aromatic N) is 5. The number of hydrogen-bond donors (Lipinski definition) is 0. The molecule has 0 bridgehead atoms. The number of likely N-dealkylation sites (N-methyl/N-ethyl adjacent to an activating group) is 1. The van der Waals surface area contributed by atoms with E-state index in [1.807, 2.05) is 6.07 Å². The quantitative estimate of drug-likeness (QED) is 0.611. The normalized spacial score (nSPS) is 18.4. The molecule has 1 atom stereocenters. The summed E-state index contributed by atoms with van der Waals surface area (Å²) in [6, 6.07) is 7.61. The van der Waals surface area contributed by atoms with Gasteiger partial charge in [-0.3, -0.25) is 14.6 Å². The molecule has 0 saturated heterocycles. The summed E-state index contributed by atoms with van der Waals surface area (Å²) in [4.78, 5) is 34.0. The van der Waals surface area contributed by atoms with E-state index in [1.54, 1.807) is 47.4 Å². The summed E-state index contributed by atoms with van der Waals surface area (Å²) in [6.45, 7) is 0.495. The van der Waals surface area contributed by atoms with Crippen molar-refractivity contribution >= 4 is 29.1 Å². The predicted octanol–water partition coefficient (Wildman–Crippen LogP) is 3.10. The summed E-state index contributed by atoms with van der Waals surface area (Å²) >= 11 is 6.51. The lowest BCUT2D eigenvalue weighted by Crippen LogP contribution is -2.52. The number of aryl methyl sites for hydroxylation is 1. The van der Waals surface area contributed by atoms with E-state index in [9.17, 15) is 14.0 Å². The number of fused-ring (bicyclic) bond motifs is 2. The first kappa shape index (κ1) is 20.6. The van der Waals surface area contributed by atoms with Gasteiger partial charge in [-0.2, -0.15) is 5.10 Å². The van der Waals surface area contributed by atoms with Crippen molar-refractivity contribution in [2.24, 2.45) is 0 Å². The second-order valence-corrected chi connectivity index (χ2v) is 8.43. The molecule has 4 heterocycles. The maximum Gasteiger partial charge on any atom is 0.275 e. The van der Waals surface area contributed by atoms with E-state index in [1.165, 1.54) is 10.7 Å². The number of aromatic nitrogens is 3. The van der Waals surface area contributed by atoms with Gasteiger partial charge in [0.25, 0.3) is 5.91 Å². The van der Waals surface area contributed by atoms with Crippen molar-refractivity contribution in [1.82, 2.24) is 19.7 Å². The van der Waals surface area contributed by atoms with Crippen molar-refractivity contribution in [2.75, 3.05) is 18.5 Å². The van der Waals surface area contributed by atoms with Crippen LogP contribution in [0, 0.1) is 5.82 Å². The van der Waals surface area contributed by atoms with Crippen LogP contribution in [0.25, 0.3) is 0 Å². The van der Waals surface area contributed by atoms with E-state index in [0.717, 1.165) is 11.3 Å². The highest BCUT2D eigenvalue weighted by atomic mass is 35.5. The zero-order valence-electron chi connectivity index (χ0n) is 17.5. The van der Waals surface area contributed by atoms with Crippen LogP contribution in [-0.2, 0) is 24.2 Å². The van der Waals surface area contributed by atoms with Crippen LogP contribution < -0.4 is 4.90 Å². The Morgan fingerprint density at radius 2 is 2.00 bits per heavy atom. The van der Waals surface area contributed by atoms with Crippen LogP contribution in [0.3, 0.4) is 0 Å². The molecule has 1 aromatic carbocycles. The molecular formula is C23H21ClFN5O2. The van der Waals surface area contributed by atoms with Gasteiger partial charge in [0.15, 0.2) is 5.69 Å². The lowest BCUT2D eigenvalue weighted by Gasteiger charge is -2.34. The second-order valence-electron chi connectivity index (χ2n) is 8.07. The Morgan fingerprint density at radius 3 is 2.81 bits per heavy atom. The summed E-state index contributed by atoms with van der Waals surface area (Å²) in [5.74, 6) is -0.814. The van der Waals surface area contributed by atoms with Gasteiger partial charge in [0.05, 0.1) is 6.54 Å². The molecule has 1 unspecified atom stereocenters. The van der Waals surface area contributed by atoms with Crippen LogP contribution in [0.1, 0.15) is 33.6 Å². The number of carbonyl (C=O) groups is 2. The van der Waals surface area contributed by atoms with E-state index in [0.29, 0.717) is 42.1 Å². The summed E-state index contributed by atoms with van der Waals surface area (Å²) < 4.78 is 15.5. The molecular weight excluding hydrogens is 433 g/mol. The molecule has 0 saturated carbocycles. The molecule has 2 amide bonds. The molecule has 2 aliphatic rings. The minimum absolute atomic E-state index is 0.124. The average Bonchev–Trinajstić information content (AvgIpc) is 3.06. The average molecular weight is 454 g/mol. The van der Waals surface area contributed by atoms with E-state index in [2.05, 4.69) is 10.1 Å². The van der Waals surface area contributed by atoms with E-state index in [4.69, 9.17) is 11.6 Å². The molecule has 7 nitrogen and oxygen atoms in total. The Hall–Kier alpha value is -3.26. The smallest absolute Gasteiger partial charge is 0.275 e. The zero-order valence-corrected chi connectivity index (χ0v) is 18.2. The van der Waals surface area contributed by atoms with Crippen molar-refractivity contribution in [3.8, 4) is 0 Å². The number of halogens is 2. The predicted molar refractivity (Wildman–Crippen MR) is 117 cm³/mol. The van der Waals surface area contributed by atoms with Gasteiger partial charge in [-0.25, -0.2) is 9.07 Å². The van der Waals surface area contributed by atoms with Crippen molar-refractivity contribution in [1.29, 1.82) is 0 Å². The zero-order chi connectivity index (χ0) is 22.4. The topological polar surface area (TPSA) is 71.3 Å². The van der Waals surface area contributed by atoms with Crippen molar-refractivity contribution < 1.29 is 14.0 Å². The highest BCUT2D eigenvalue weighted by molar-refractivity contribution is 6.31. The van der Waals surface area contributed by atoms with Gasteiger partial charge < -0.3 is 9.80 Å². The molecule has 3 aromatic rings. The number of amides is 2. The van der Waals surface area contributed by atoms with E-state index >= 15 is 0 Å². The first-order valence-electron chi connectivity index (χ1n) is 10.5. The SMILES string of the molecule is CN1C(=O)C(N2CCc3c(nn(Cc4ccccc4F)c3Cl)C2=O)CCc2cnccc21. The Kier molecular flexibility index (Phi) is 5.17. The number of benzene rings is 1. The molecule has 0 spiro atoms. The third-order valence-corrected chi connectivity index (χ3v) is 6.67. The fraction of sp³-hybridized carbons (Fsp3) is 0.304. The van der Waals surface area contributed by atoms with E-state index < -0.39 is 6.04 Å². The second kappa shape index (κ2) is 8.02. The number of carbonyl (C=O) groups excluding carboxylic acids is 2. The van der Waals surface area contributed by atoms with Gasteiger partial charge in [-0.15, -0.1) is 0 Å². The van der Waals surface area contributed by atoms with Gasteiger partial charge in [-0.1, -0.05) is 29.8 Å². The van der Waals surface area contributed by atoms with E-state index in [-0.39, 0.29) is 29.9 Å². The Balaban J connectivity index is 1.43. The minimum Gasteiger partial charge on any atom is -0.325 e. The number of pyridine rings is 1. The van der Waals surface area contributed by atoms with Gasteiger partial charge in [-0.05, 0) is 37.0 Å². The van der Waals surface area contributed by atoms with Crippen LogP contribution in [0.15, 0.2) is 42.7 Å². The summed E-state index contributed by atoms with van der Waals surface area (Å²) in [7, 11) is 1.72. The van der Waals surface area contributed by atoms with Gasteiger partial charge in [0, 0.05) is 42.8 Å². The van der Waals surface area contributed by atoms with Crippen LogP contribution >= 0.6 is 11.6 Å². The molecule has 5 rings (SSSR count). The van der Waals surface area contributed by atoms with Crippen molar-refractivity contribution in [2.45, 2.75) is 31.8 Å². The standard InChI is InChI=1S/C23H21ClFN5O2/c1-28-18-8-10-26-12-14(18)6-7-19(22(28)31)29-11-9-16-20(23(29)32)27-30(21(16)24)13-15-4-2-3-5-17(15)25/h2-5,8,10,12,19H,6-7,9,11,13H2,1H3. The molecule has 0 aliphatic carbocycles. The Morgan fingerprint density at radius 1 is 1.19 bits per heavy atom. The van der Waals surface area contributed by atoms with Crippen LogP contribution in [-0.4, -0.2) is 51.1 Å². The lowest BCUT2D eigenvalue weighted by atomic mass is 10.0. The maximum absolute atomic E-state index is 14.1. The molecule has 164 valence electrons. The van der Waals surface area contributed by atoms with Crippen LogP contribution in [0.4, 0.5) is 10.1 Å². The fourth-order valence-electron chi connectivity index (χ4n) is 4.52. The third kappa shape index (κ3) is 3.35. The fourth-order valence-corrected chi connectivity index (χ4v) is 4.80. The first-order valence-corrected chi connectivity index (χ1v) is 10.8. The Bertz CT molecular complexity index is 1230. The molecule has 2 aliphatic heterocycles. The first-order chi connectivity index (χ1) is 15.5. The Labute approximate surface area is 189 Å². The van der Waals surface area contributed by atoms with Crippen LogP contribution in [0.5, 0.6) is 0 Å². The molecule has 32 heavy (non-hydrogen) atoms. The summed E-state index contributed by atoms with van der Waals surface area (Å²) in [5.41, 5.74) is 3.11. The highest BCUT2D eigenvalue weighted by Crippen LogP contribution is 2.32. The minimum atomic E-state index is -0.594. The number of rotatable bonds is 3. The van der Waals surface area contributed by atoms with Gasteiger partial charge in [0.2, 0.25) is 5.91 Å². The number of anilines is 1. The summed E-state index contributed by atoms with van der Waals surface area (Å²) in [6.07, 6.45) is 5.06. The monoisotopic (exact) mass is 453 g/mol. The molecule has 0 N–H and O–H groups in total. The molecule has 9 heteroatoms. The maximum atomic E-state index is 14.1. The molecule has 0 fully saturated rings. The van der Waals surface area contributed by atoms with Gasteiger partial charge >= 0.3 is 0 Å². The van der Waals surface area contributed by atoms with Crippen LogP contribution in [0.2, 0.25) is 5.15 Å². The van der Waals surface area contributed by atoms with Crippen molar-refractivity contribution in [3.05, 3.63) is 76.1 Å². The molecule has 0 radical (unpaired) electrons. The molecule has 2 aromatic heterocycles.